The molecular weight excluding hydrogens is 303 g/mol. The molecule has 1 aromatic carbocycles. The van der Waals surface area contributed by atoms with E-state index in [1.54, 1.807) is 0 Å². The Morgan fingerprint density at radius 1 is 1.14 bits per heavy atom. The van der Waals surface area contributed by atoms with E-state index in [0.717, 1.165) is 11.3 Å². The van der Waals surface area contributed by atoms with Gasteiger partial charge in [0.15, 0.2) is 5.65 Å². The summed E-state index contributed by atoms with van der Waals surface area (Å²) >= 11 is 5.94. The van der Waals surface area contributed by atoms with E-state index in [0.29, 0.717) is 16.7 Å². The predicted molar refractivity (Wildman–Crippen MR) is 81.9 cm³/mol. The summed E-state index contributed by atoms with van der Waals surface area (Å²) in [7, 11) is 0. The number of halogens is 2. The van der Waals surface area contributed by atoms with Gasteiger partial charge in [0.25, 0.3) is 0 Å². The minimum atomic E-state index is -0.534. The molecule has 0 unspecified atom stereocenters. The van der Waals surface area contributed by atoms with Gasteiger partial charge in [0, 0.05) is 16.6 Å². The molecule has 0 atom stereocenters. The molecule has 0 bridgehead atoms. The maximum Gasteiger partial charge on any atom is 0.225 e. The molecule has 0 amide bonds. The number of hydrogen-bond donors (Lipinski definition) is 0. The smallest absolute Gasteiger partial charge is 0.225 e. The Morgan fingerprint density at radius 3 is 2.59 bits per heavy atom. The zero-order valence-corrected chi connectivity index (χ0v) is 12.6. The first-order valence-electron chi connectivity index (χ1n) is 6.51. The minimum absolute atomic E-state index is 0.00186. The first-order valence-corrected chi connectivity index (χ1v) is 6.89. The predicted octanol–water partition coefficient (Wildman–Crippen LogP) is 3.97. The van der Waals surface area contributed by atoms with Crippen molar-refractivity contribution >= 4 is 22.6 Å². The van der Waals surface area contributed by atoms with Crippen LogP contribution in [0.2, 0.25) is 5.28 Å². The molecule has 2 aromatic heterocycles. The van der Waals surface area contributed by atoms with Crippen molar-refractivity contribution in [2.45, 2.75) is 13.8 Å². The molecule has 0 spiro atoms. The number of aromatic nitrogens is 3. The quantitative estimate of drug-likeness (QED) is 0.638. The summed E-state index contributed by atoms with van der Waals surface area (Å²) in [5.74, 6) is -0.534. The van der Waals surface area contributed by atoms with E-state index in [-0.39, 0.29) is 16.4 Å². The number of fused-ring (bicyclic) bond motifs is 1. The van der Waals surface area contributed by atoms with Crippen LogP contribution in [0.4, 0.5) is 4.39 Å². The molecule has 0 saturated carbocycles. The molecule has 2 heterocycles. The highest BCUT2D eigenvalue weighted by Gasteiger charge is 2.15. The van der Waals surface area contributed by atoms with Crippen molar-refractivity contribution in [2.75, 3.05) is 0 Å². The maximum atomic E-state index is 14.3. The largest absolute Gasteiger partial charge is 0.233 e. The van der Waals surface area contributed by atoms with Crippen LogP contribution in [0.5, 0.6) is 0 Å². The van der Waals surface area contributed by atoms with Gasteiger partial charge < -0.3 is 0 Å². The van der Waals surface area contributed by atoms with E-state index >= 15 is 0 Å². The zero-order valence-electron chi connectivity index (χ0n) is 11.9. The number of pyridine rings is 1. The first kappa shape index (κ1) is 14.4. The van der Waals surface area contributed by atoms with E-state index in [1.807, 2.05) is 26.0 Å². The Hall–Kier alpha value is -2.58. The van der Waals surface area contributed by atoms with Gasteiger partial charge in [-0.3, -0.25) is 0 Å². The summed E-state index contributed by atoms with van der Waals surface area (Å²) < 4.78 is 14.3. The molecule has 0 radical (unpaired) electrons. The molecule has 0 aliphatic carbocycles. The second-order valence-electron chi connectivity index (χ2n) is 4.91. The Labute approximate surface area is 131 Å². The Morgan fingerprint density at radius 2 is 1.91 bits per heavy atom. The molecule has 0 N–H and O–H groups in total. The molecule has 22 heavy (non-hydrogen) atoms. The number of benzene rings is 1. The van der Waals surface area contributed by atoms with Gasteiger partial charge in [0.2, 0.25) is 5.28 Å². The van der Waals surface area contributed by atoms with Gasteiger partial charge in [0.1, 0.15) is 5.82 Å². The molecule has 0 aliphatic rings. The zero-order chi connectivity index (χ0) is 15.9. The molecule has 3 aromatic rings. The molecule has 108 valence electrons. The summed E-state index contributed by atoms with van der Waals surface area (Å²) in [4.78, 5) is 12.6. The van der Waals surface area contributed by atoms with Crippen LogP contribution in [0.25, 0.3) is 22.3 Å². The second kappa shape index (κ2) is 5.32. The SMILES string of the molecule is Cc1cc2c(-c3ccc(C#N)cc3F)nc(Cl)nc2nc1C. The molecule has 0 saturated heterocycles. The minimum Gasteiger partial charge on any atom is -0.233 e. The van der Waals surface area contributed by atoms with E-state index in [4.69, 9.17) is 16.9 Å². The lowest BCUT2D eigenvalue weighted by Crippen LogP contribution is -1.98. The molecular formula is C16H10ClFN4. The average Bonchev–Trinajstić information content (AvgIpc) is 2.48. The van der Waals surface area contributed by atoms with Crippen LogP contribution in [0.3, 0.4) is 0 Å². The van der Waals surface area contributed by atoms with Crippen molar-refractivity contribution in [3.05, 3.63) is 52.2 Å². The summed E-state index contributed by atoms with van der Waals surface area (Å²) in [5.41, 5.74) is 3.07. The van der Waals surface area contributed by atoms with Crippen LogP contribution in [0, 0.1) is 31.0 Å². The lowest BCUT2D eigenvalue weighted by atomic mass is 10.0. The van der Waals surface area contributed by atoms with Gasteiger partial charge in [-0.1, -0.05) is 0 Å². The summed E-state index contributed by atoms with van der Waals surface area (Å²) in [6.07, 6.45) is 0. The highest BCUT2D eigenvalue weighted by Crippen LogP contribution is 2.30. The Bertz CT molecular complexity index is 947. The standard InChI is InChI=1S/C16H10ClFN4/c1-8-5-12-14(11-4-3-10(7-19)6-13(11)18)21-16(17)22-15(12)20-9(8)2/h3-6H,1-2H3. The fourth-order valence-electron chi connectivity index (χ4n) is 2.20. The van der Waals surface area contributed by atoms with Gasteiger partial charge in [-0.05, 0) is 55.3 Å². The third kappa shape index (κ3) is 2.38. The number of hydrogen-bond acceptors (Lipinski definition) is 4. The average molecular weight is 313 g/mol. The van der Waals surface area contributed by atoms with Crippen molar-refractivity contribution in [1.29, 1.82) is 5.26 Å². The van der Waals surface area contributed by atoms with Gasteiger partial charge in [-0.25, -0.2) is 14.4 Å². The second-order valence-corrected chi connectivity index (χ2v) is 5.25. The third-order valence-corrected chi connectivity index (χ3v) is 3.63. The number of aryl methyl sites for hydroxylation is 2. The summed E-state index contributed by atoms with van der Waals surface area (Å²) in [6, 6.07) is 7.99. The van der Waals surface area contributed by atoms with Crippen LogP contribution in [-0.2, 0) is 0 Å². The monoisotopic (exact) mass is 312 g/mol. The van der Waals surface area contributed by atoms with E-state index < -0.39 is 5.82 Å². The summed E-state index contributed by atoms with van der Waals surface area (Å²) in [5, 5.41) is 9.46. The topological polar surface area (TPSA) is 62.5 Å². The molecule has 3 rings (SSSR count). The van der Waals surface area contributed by atoms with Crippen LogP contribution in [-0.4, -0.2) is 15.0 Å². The molecule has 6 heteroatoms. The lowest BCUT2D eigenvalue weighted by molar-refractivity contribution is 0.630. The maximum absolute atomic E-state index is 14.3. The van der Waals surface area contributed by atoms with Crippen LogP contribution in [0.15, 0.2) is 24.3 Å². The van der Waals surface area contributed by atoms with Crippen LogP contribution < -0.4 is 0 Å². The van der Waals surface area contributed by atoms with Crippen LogP contribution in [0.1, 0.15) is 16.8 Å². The van der Waals surface area contributed by atoms with Gasteiger partial charge in [-0.2, -0.15) is 10.2 Å². The Kier molecular flexibility index (Phi) is 3.47. The fourth-order valence-corrected chi connectivity index (χ4v) is 2.36. The van der Waals surface area contributed by atoms with Crippen molar-refractivity contribution < 1.29 is 4.39 Å². The highest BCUT2D eigenvalue weighted by atomic mass is 35.5. The Balaban J connectivity index is 2.35. The van der Waals surface area contributed by atoms with Crippen molar-refractivity contribution in [3.63, 3.8) is 0 Å². The third-order valence-electron chi connectivity index (χ3n) is 3.46. The van der Waals surface area contributed by atoms with E-state index in [9.17, 15) is 4.39 Å². The molecule has 4 nitrogen and oxygen atoms in total. The van der Waals surface area contributed by atoms with Gasteiger partial charge in [-0.15, -0.1) is 0 Å². The molecule has 0 aliphatic heterocycles. The number of rotatable bonds is 1. The van der Waals surface area contributed by atoms with Crippen molar-refractivity contribution in [1.82, 2.24) is 15.0 Å². The lowest BCUT2D eigenvalue weighted by Gasteiger charge is -2.09. The van der Waals surface area contributed by atoms with E-state index in [1.165, 1.54) is 18.2 Å². The van der Waals surface area contributed by atoms with Gasteiger partial charge >= 0.3 is 0 Å². The number of nitrogens with zero attached hydrogens (tertiary/aromatic N) is 4. The first-order chi connectivity index (χ1) is 10.5. The highest BCUT2D eigenvalue weighted by molar-refractivity contribution is 6.28. The van der Waals surface area contributed by atoms with Crippen molar-refractivity contribution in [2.24, 2.45) is 0 Å². The van der Waals surface area contributed by atoms with Gasteiger partial charge in [0.05, 0.1) is 17.3 Å². The van der Waals surface area contributed by atoms with Crippen molar-refractivity contribution in [3.8, 4) is 17.3 Å². The van der Waals surface area contributed by atoms with Crippen LogP contribution >= 0.6 is 11.6 Å². The molecule has 0 fully saturated rings. The van der Waals surface area contributed by atoms with E-state index in [2.05, 4.69) is 15.0 Å². The number of nitriles is 1. The normalized spacial score (nSPS) is 10.7. The fraction of sp³-hybridized carbons (Fsp3) is 0.125. The summed E-state index contributed by atoms with van der Waals surface area (Å²) in [6.45, 7) is 3.78.